The third kappa shape index (κ3) is 3.77. The Labute approximate surface area is 85.8 Å². The number of primary amides is 1. The summed E-state index contributed by atoms with van der Waals surface area (Å²) in [6.07, 6.45) is 1.28. The molecule has 0 aliphatic heterocycles. The highest BCUT2D eigenvalue weighted by Gasteiger charge is 2.15. The van der Waals surface area contributed by atoms with Crippen molar-refractivity contribution in [2.45, 2.75) is 19.0 Å². The van der Waals surface area contributed by atoms with Gasteiger partial charge in [0.1, 0.15) is 0 Å². The van der Waals surface area contributed by atoms with Gasteiger partial charge >= 0.3 is 0 Å². The van der Waals surface area contributed by atoms with Crippen LogP contribution in [0, 0.1) is 0 Å². The number of hydrogen-bond donors (Lipinski definition) is 3. The predicted molar refractivity (Wildman–Crippen MR) is 50.1 cm³/mol. The summed E-state index contributed by atoms with van der Waals surface area (Å²) >= 11 is 0. The fraction of sp³-hybridized carbons (Fsp3) is 0.375. The number of nitrogens with one attached hydrogen (secondary N) is 1. The van der Waals surface area contributed by atoms with Crippen LogP contribution >= 0.6 is 0 Å². The maximum absolute atomic E-state index is 11.3. The molecule has 0 aliphatic carbocycles. The van der Waals surface area contributed by atoms with Gasteiger partial charge in [-0.15, -0.1) is 0 Å². The number of carbonyl (C=O) groups is 2. The molecule has 7 heteroatoms. The first-order valence-electron chi connectivity index (χ1n) is 4.30. The molecule has 0 bridgehead atoms. The third-order valence-corrected chi connectivity index (χ3v) is 1.69. The second-order valence-electron chi connectivity index (χ2n) is 2.97. The van der Waals surface area contributed by atoms with E-state index in [1.807, 2.05) is 0 Å². The van der Waals surface area contributed by atoms with Crippen molar-refractivity contribution in [3.63, 3.8) is 0 Å². The Morgan fingerprint density at radius 3 is 2.87 bits per heavy atom. The minimum atomic E-state index is -0.926. The van der Waals surface area contributed by atoms with E-state index < -0.39 is 17.9 Å². The van der Waals surface area contributed by atoms with E-state index >= 15 is 0 Å². The molecule has 1 aromatic rings. The van der Waals surface area contributed by atoms with Gasteiger partial charge < -0.3 is 21.3 Å². The first-order valence-corrected chi connectivity index (χ1v) is 4.30. The van der Waals surface area contributed by atoms with Crippen molar-refractivity contribution in [2.75, 3.05) is 0 Å². The molecule has 0 aliphatic rings. The Hall–Kier alpha value is -1.89. The summed E-state index contributed by atoms with van der Waals surface area (Å²) in [5.74, 6) is -0.558. The molecule has 1 unspecified atom stereocenters. The zero-order chi connectivity index (χ0) is 11.3. The third-order valence-electron chi connectivity index (χ3n) is 1.69. The molecule has 1 aromatic heterocycles. The SMILES string of the molecule is NC(=O)CC(N)C(=O)NCc1ccno1. The van der Waals surface area contributed by atoms with Gasteiger partial charge in [-0.25, -0.2) is 0 Å². The van der Waals surface area contributed by atoms with E-state index in [9.17, 15) is 9.59 Å². The molecule has 0 aromatic carbocycles. The lowest BCUT2D eigenvalue weighted by Crippen LogP contribution is -2.42. The number of rotatable bonds is 5. The Kier molecular flexibility index (Phi) is 3.81. The van der Waals surface area contributed by atoms with Crippen LogP contribution in [0.15, 0.2) is 16.8 Å². The molecule has 0 radical (unpaired) electrons. The average molecular weight is 212 g/mol. The topological polar surface area (TPSA) is 124 Å². The number of aromatic nitrogens is 1. The molecule has 2 amide bonds. The summed E-state index contributed by atoms with van der Waals surface area (Å²) in [4.78, 5) is 21.7. The van der Waals surface area contributed by atoms with Crippen molar-refractivity contribution in [3.05, 3.63) is 18.0 Å². The van der Waals surface area contributed by atoms with Crippen LogP contribution in [0.25, 0.3) is 0 Å². The van der Waals surface area contributed by atoms with Crippen LogP contribution in [0.3, 0.4) is 0 Å². The molecule has 0 fully saturated rings. The van der Waals surface area contributed by atoms with Crippen molar-refractivity contribution in [1.82, 2.24) is 10.5 Å². The van der Waals surface area contributed by atoms with Crippen LogP contribution in [0.4, 0.5) is 0 Å². The van der Waals surface area contributed by atoms with Gasteiger partial charge in [0.05, 0.1) is 25.2 Å². The van der Waals surface area contributed by atoms with E-state index in [0.717, 1.165) is 0 Å². The summed E-state index contributed by atoms with van der Waals surface area (Å²) in [6.45, 7) is 0.186. The zero-order valence-electron chi connectivity index (χ0n) is 7.97. The second-order valence-corrected chi connectivity index (χ2v) is 2.97. The number of amides is 2. The van der Waals surface area contributed by atoms with Crippen LogP contribution in [-0.4, -0.2) is 23.0 Å². The van der Waals surface area contributed by atoms with E-state index in [1.54, 1.807) is 6.07 Å². The summed E-state index contributed by atoms with van der Waals surface area (Å²) in [5.41, 5.74) is 10.3. The highest BCUT2D eigenvalue weighted by Crippen LogP contribution is 1.95. The Morgan fingerprint density at radius 1 is 1.60 bits per heavy atom. The molecule has 7 nitrogen and oxygen atoms in total. The van der Waals surface area contributed by atoms with Crippen LogP contribution < -0.4 is 16.8 Å². The Bertz CT molecular complexity index is 336. The van der Waals surface area contributed by atoms with Crippen molar-refractivity contribution in [1.29, 1.82) is 0 Å². The van der Waals surface area contributed by atoms with Crippen molar-refractivity contribution in [3.8, 4) is 0 Å². The van der Waals surface area contributed by atoms with E-state index in [4.69, 9.17) is 16.0 Å². The maximum Gasteiger partial charge on any atom is 0.237 e. The molecule has 0 spiro atoms. The fourth-order valence-corrected chi connectivity index (χ4v) is 0.948. The van der Waals surface area contributed by atoms with Crippen LogP contribution in [0.5, 0.6) is 0 Å². The minimum absolute atomic E-state index is 0.178. The van der Waals surface area contributed by atoms with Gasteiger partial charge in [0.15, 0.2) is 5.76 Å². The fourth-order valence-electron chi connectivity index (χ4n) is 0.948. The average Bonchev–Trinajstić information content (AvgIpc) is 2.65. The highest BCUT2D eigenvalue weighted by atomic mass is 16.5. The molecule has 0 saturated carbocycles. The summed E-state index contributed by atoms with van der Waals surface area (Å²) in [6, 6.07) is 0.685. The van der Waals surface area contributed by atoms with Gasteiger partial charge in [0.25, 0.3) is 0 Å². The monoisotopic (exact) mass is 212 g/mol. The lowest BCUT2D eigenvalue weighted by atomic mass is 10.2. The predicted octanol–water partition coefficient (Wildman–Crippen LogP) is -1.51. The van der Waals surface area contributed by atoms with Crippen LogP contribution in [0.2, 0.25) is 0 Å². The first-order chi connectivity index (χ1) is 7.09. The molecule has 82 valence electrons. The lowest BCUT2D eigenvalue weighted by Gasteiger charge is -2.08. The van der Waals surface area contributed by atoms with Gasteiger partial charge in [-0.1, -0.05) is 5.16 Å². The number of nitrogens with zero attached hydrogens (tertiary/aromatic N) is 1. The van der Waals surface area contributed by atoms with E-state index in [0.29, 0.717) is 5.76 Å². The van der Waals surface area contributed by atoms with Crippen LogP contribution in [0.1, 0.15) is 12.2 Å². The van der Waals surface area contributed by atoms with Crippen molar-refractivity contribution >= 4 is 11.8 Å². The van der Waals surface area contributed by atoms with Gasteiger partial charge in [-0.3, -0.25) is 9.59 Å². The molecular formula is C8H12N4O3. The molecule has 1 rings (SSSR count). The first kappa shape index (κ1) is 11.2. The maximum atomic E-state index is 11.3. The van der Waals surface area contributed by atoms with E-state index in [-0.39, 0.29) is 13.0 Å². The van der Waals surface area contributed by atoms with Crippen LogP contribution in [-0.2, 0) is 16.1 Å². The normalized spacial score (nSPS) is 12.1. The van der Waals surface area contributed by atoms with Crippen molar-refractivity contribution in [2.24, 2.45) is 11.5 Å². The minimum Gasteiger partial charge on any atom is -0.370 e. The number of nitrogens with two attached hydrogens (primary N) is 2. The van der Waals surface area contributed by atoms with Gasteiger partial charge in [-0.2, -0.15) is 0 Å². The van der Waals surface area contributed by atoms with Gasteiger partial charge in [-0.05, 0) is 0 Å². The summed E-state index contributed by atoms with van der Waals surface area (Å²) < 4.78 is 4.75. The number of hydrogen-bond acceptors (Lipinski definition) is 5. The van der Waals surface area contributed by atoms with E-state index in [2.05, 4.69) is 10.5 Å². The highest BCUT2D eigenvalue weighted by molar-refractivity contribution is 5.87. The van der Waals surface area contributed by atoms with Gasteiger partial charge in [0, 0.05) is 6.07 Å². The standard InChI is InChI=1S/C8H12N4O3/c9-6(3-7(10)13)8(14)11-4-5-1-2-12-15-5/h1-2,6H,3-4,9H2,(H2,10,13)(H,11,14). The smallest absolute Gasteiger partial charge is 0.237 e. The van der Waals surface area contributed by atoms with Crippen molar-refractivity contribution < 1.29 is 14.1 Å². The second kappa shape index (κ2) is 5.11. The summed E-state index contributed by atoms with van der Waals surface area (Å²) in [5, 5.41) is 5.95. The van der Waals surface area contributed by atoms with E-state index in [1.165, 1.54) is 6.20 Å². The molecule has 15 heavy (non-hydrogen) atoms. The molecule has 5 N–H and O–H groups in total. The van der Waals surface area contributed by atoms with Gasteiger partial charge in [0.2, 0.25) is 11.8 Å². The summed E-state index contributed by atoms with van der Waals surface area (Å²) in [7, 11) is 0. The molecule has 0 saturated heterocycles. The Morgan fingerprint density at radius 2 is 2.33 bits per heavy atom. The molecular weight excluding hydrogens is 200 g/mol. The largest absolute Gasteiger partial charge is 0.370 e. The zero-order valence-corrected chi connectivity index (χ0v) is 7.97. The molecule has 1 heterocycles. The number of carbonyl (C=O) groups excluding carboxylic acids is 2. The quantitative estimate of drug-likeness (QED) is 0.547. The lowest BCUT2D eigenvalue weighted by molar-refractivity contribution is -0.126. The Balaban J connectivity index is 2.32. The molecule has 1 atom stereocenters.